The molecule has 0 unspecified atom stereocenters. The van der Waals surface area contributed by atoms with Crippen molar-refractivity contribution in [2.24, 2.45) is 10.1 Å². The number of allylic oxidation sites excluding steroid dienone is 3. The molecule has 11 heteroatoms. The van der Waals surface area contributed by atoms with E-state index in [0.29, 0.717) is 60.5 Å². The molecule has 4 rings (SSSR count). The first-order chi connectivity index (χ1) is 23.2. The number of nitrogens with zero attached hydrogens (tertiary/aromatic N) is 5. The van der Waals surface area contributed by atoms with Crippen LogP contribution in [-0.4, -0.2) is 79.0 Å². The van der Waals surface area contributed by atoms with Gasteiger partial charge in [0, 0.05) is 49.4 Å². The van der Waals surface area contributed by atoms with Gasteiger partial charge in [-0.2, -0.15) is 9.68 Å². The smallest absolute Gasteiger partial charge is 0.248 e. The number of halogens is 1. The number of nitrogens with one attached hydrogen (secondary N) is 2. The van der Waals surface area contributed by atoms with Crippen molar-refractivity contribution < 1.29 is 23.2 Å². The van der Waals surface area contributed by atoms with Crippen LogP contribution >= 0.6 is 0 Å². The van der Waals surface area contributed by atoms with Crippen molar-refractivity contribution >= 4 is 35.5 Å². The Bertz CT molecular complexity index is 1740. The average Bonchev–Trinajstić information content (AvgIpc) is 3.07. The van der Waals surface area contributed by atoms with Gasteiger partial charge >= 0.3 is 0 Å². The Morgan fingerprint density at radius 1 is 1.21 bits per heavy atom. The van der Waals surface area contributed by atoms with Gasteiger partial charge in [-0.25, -0.2) is 14.4 Å². The van der Waals surface area contributed by atoms with E-state index in [2.05, 4.69) is 26.9 Å². The summed E-state index contributed by atoms with van der Waals surface area (Å²) < 4.78 is 29.9. The molecule has 0 aromatic heterocycles. The molecule has 2 aliphatic heterocycles. The summed E-state index contributed by atoms with van der Waals surface area (Å²) >= 11 is 0. The zero-order valence-corrected chi connectivity index (χ0v) is 28.6. The van der Waals surface area contributed by atoms with Crippen molar-refractivity contribution in [2.75, 3.05) is 45.7 Å². The van der Waals surface area contributed by atoms with E-state index in [9.17, 15) is 4.79 Å². The molecule has 0 radical (unpaired) electrons. The first-order valence-electron chi connectivity index (χ1n) is 15.9. The Hall–Kier alpha value is -5.29. The number of rotatable bonds is 12. The van der Waals surface area contributed by atoms with Crippen LogP contribution in [-0.2, 0) is 4.79 Å². The standard InChI is InChI=1S/C37H45FN7O3/c1-8-10-17-40-37(42-31-23-27(4)33(25-30(31)38)48-29-15-18-45(41-9-2)28(5)24-29)35-26(3)13-14-32(36(35)47-7)43-19-21-44(22-20-43)34(46)12-11-16-39-6/h9-15,17-19,23-25,39H,5,8,16,20-22H2,1-4,6-7H3,(H,40,42)/q+1/b12-11+,17-10+,41-9-. The molecule has 48 heavy (non-hydrogen) atoms. The fourth-order valence-electron chi connectivity index (χ4n) is 5.14. The highest BCUT2D eigenvalue weighted by Gasteiger charge is 2.28. The number of ether oxygens (including phenoxy) is 2. The van der Waals surface area contributed by atoms with Gasteiger partial charge in [0.15, 0.2) is 12.8 Å². The number of methoxy groups -OCH3 is 1. The number of hydrazone groups is 1. The lowest BCUT2D eigenvalue weighted by Gasteiger charge is -2.23. The van der Waals surface area contributed by atoms with Crippen molar-refractivity contribution in [3.05, 3.63) is 108 Å². The summed E-state index contributed by atoms with van der Waals surface area (Å²) in [6.45, 7) is 13.9. The van der Waals surface area contributed by atoms with Gasteiger partial charge in [-0.15, -0.1) is 0 Å². The monoisotopic (exact) mass is 654 g/mol. The first kappa shape index (κ1) is 35.6. The molecule has 1 amide bonds. The Morgan fingerprint density at radius 2 is 2.02 bits per heavy atom. The Balaban J connectivity index is 1.65. The molecule has 0 bridgehead atoms. The van der Waals surface area contributed by atoms with E-state index in [-0.39, 0.29) is 11.6 Å². The van der Waals surface area contributed by atoms with Crippen LogP contribution in [0.5, 0.6) is 11.5 Å². The maximum atomic E-state index is 15.8. The number of aryl methyl sites for hydroxylation is 2. The number of likely N-dealkylation sites (N-methyl/N-ethyl adjacent to an activating group) is 1. The largest absolute Gasteiger partial charge is 0.490 e. The predicted octanol–water partition coefficient (Wildman–Crippen LogP) is 6.18. The number of hydrogen-bond donors (Lipinski definition) is 2. The van der Waals surface area contributed by atoms with Gasteiger partial charge < -0.3 is 25.0 Å². The molecule has 2 aliphatic rings. The third-order valence-corrected chi connectivity index (χ3v) is 7.64. The van der Waals surface area contributed by atoms with Crippen molar-refractivity contribution in [1.82, 2.24) is 15.2 Å². The lowest BCUT2D eigenvalue weighted by atomic mass is 10.0. The molecule has 2 heterocycles. The van der Waals surface area contributed by atoms with Crippen molar-refractivity contribution in [3.63, 3.8) is 0 Å². The number of aliphatic imine (C=N–C) groups is 1. The Labute approximate surface area is 282 Å². The number of carbonyl (C=O) groups excluding carboxylic acids is 1. The van der Waals surface area contributed by atoms with Crippen molar-refractivity contribution in [3.8, 4) is 11.5 Å². The third-order valence-electron chi connectivity index (χ3n) is 7.64. The molecular weight excluding hydrogens is 609 g/mol. The maximum Gasteiger partial charge on any atom is 0.248 e. The molecule has 0 fully saturated rings. The van der Waals surface area contributed by atoms with Crippen LogP contribution in [0.3, 0.4) is 0 Å². The topological polar surface area (TPSA) is 93.8 Å². The summed E-state index contributed by atoms with van der Waals surface area (Å²) in [5, 5.41) is 12.1. The molecule has 0 aliphatic carbocycles. The normalized spacial score (nSPS) is 15.5. The van der Waals surface area contributed by atoms with Gasteiger partial charge in [0.25, 0.3) is 0 Å². The molecule has 2 aromatic rings. The maximum absolute atomic E-state index is 15.8. The van der Waals surface area contributed by atoms with E-state index < -0.39 is 5.82 Å². The molecule has 2 aromatic carbocycles. The van der Waals surface area contributed by atoms with E-state index in [1.807, 2.05) is 65.2 Å². The number of amidine groups is 1. The summed E-state index contributed by atoms with van der Waals surface area (Å²) in [5.41, 5.74) is 4.00. The van der Waals surface area contributed by atoms with Crippen LogP contribution in [0.1, 0.15) is 37.0 Å². The van der Waals surface area contributed by atoms with E-state index in [0.717, 1.165) is 23.2 Å². The zero-order valence-electron chi connectivity index (χ0n) is 28.6. The molecule has 0 saturated carbocycles. The lowest BCUT2D eigenvalue weighted by molar-refractivity contribution is -0.443. The second-order valence-corrected chi connectivity index (χ2v) is 11.1. The zero-order chi connectivity index (χ0) is 34.6. The van der Waals surface area contributed by atoms with Gasteiger partial charge in [0.2, 0.25) is 17.3 Å². The summed E-state index contributed by atoms with van der Waals surface area (Å²) in [4.78, 5) is 19.1. The minimum atomic E-state index is -0.509. The highest BCUT2D eigenvalue weighted by Crippen LogP contribution is 2.36. The SMILES string of the molecule is C=C1C=C(Oc2cc(F)c(NC(=N/C=C/CC)c3c(C)ccc([N+]4=CCN(C(=O)/C=C/CNC)CC4)c3OC)cc2C)C=CN1/N=C\C. The van der Waals surface area contributed by atoms with Crippen LogP contribution < -0.4 is 20.1 Å². The van der Waals surface area contributed by atoms with E-state index in [1.165, 1.54) is 6.07 Å². The number of benzene rings is 2. The Morgan fingerprint density at radius 3 is 2.69 bits per heavy atom. The lowest BCUT2D eigenvalue weighted by Crippen LogP contribution is -2.41. The van der Waals surface area contributed by atoms with Gasteiger partial charge in [-0.3, -0.25) is 4.79 Å². The minimum absolute atomic E-state index is 0.0292. The summed E-state index contributed by atoms with van der Waals surface area (Å²) in [6.07, 6.45) is 16.7. The highest BCUT2D eigenvalue weighted by atomic mass is 19.1. The average molecular weight is 655 g/mol. The molecule has 0 spiro atoms. The summed E-state index contributed by atoms with van der Waals surface area (Å²) in [6, 6.07) is 7.03. The van der Waals surface area contributed by atoms with E-state index >= 15 is 4.39 Å². The second-order valence-electron chi connectivity index (χ2n) is 11.1. The molecule has 252 valence electrons. The molecule has 2 N–H and O–H groups in total. The van der Waals surface area contributed by atoms with Crippen molar-refractivity contribution in [1.29, 1.82) is 0 Å². The quantitative estimate of drug-likeness (QED) is 0.123. The summed E-state index contributed by atoms with van der Waals surface area (Å²) in [7, 11) is 3.45. The van der Waals surface area contributed by atoms with E-state index in [4.69, 9.17) is 14.5 Å². The van der Waals surface area contributed by atoms with Crippen LogP contribution in [0.2, 0.25) is 0 Å². The second kappa shape index (κ2) is 17.0. The molecule has 0 saturated heterocycles. The first-order valence-corrected chi connectivity index (χ1v) is 15.9. The third kappa shape index (κ3) is 8.74. The van der Waals surface area contributed by atoms with Crippen LogP contribution in [0.4, 0.5) is 15.8 Å². The summed E-state index contributed by atoms with van der Waals surface area (Å²) in [5.74, 6) is 1.37. The fourth-order valence-corrected chi connectivity index (χ4v) is 5.14. The highest BCUT2D eigenvalue weighted by molar-refractivity contribution is 6.12. The van der Waals surface area contributed by atoms with Crippen LogP contribution in [0, 0.1) is 19.7 Å². The fraction of sp³-hybridized carbons (Fsp3) is 0.297. The molecule has 0 atom stereocenters. The van der Waals surface area contributed by atoms with Gasteiger partial charge in [-0.1, -0.05) is 31.7 Å². The molecular formula is C37H45FN7O3+. The van der Waals surface area contributed by atoms with Crippen LogP contribution in [0.15, 0.2) is 95.2 Å². The van der Waals surface area contributed by atoms with Gasteiger partial charge in [0.05, 0.1) is 37.1 Å². The Kier molecular flexibility index (Phi) is 12.6. The van der Waals surface area contributed by atoms with E-state index in [1.54, 1.807) is 59.9 Å². The van der Waals surface area contributed by atoms with Gasteiger partial charge in [-0.05, 0) is 57.5 Å². The van der Waals surface area contributed by atoms with Crippen LogP contribution in [0.25, 0.3) is 0 Å². The predicted molar refractivity (Wildman–Crippen MR) is 192 cm³/mol. The molecule has 10 nitrogen and oxygen atoms in total. The van der Waals surface area contributed by atoms with Gasteiger partial charge in [0.1, 0.15) is 23.2 Å². The number of carbonyl (C=O) groups is 1. The number of hydrogen-bond acceptors (Lipinski definition) is 7. The number of amides is 1. The van der Waals surface area contributed by atoms with Crippen molar-refractivity contribution in [2.45, 2.75) is 34.1 Å². The number of anilines is 1. The minimum Gasteiger partial charge on any atom is -0.490 e.